The summed E-state index contributed by atoms with van der Waals surface area (Å²) < 4.78 is 0. The van der Waals surface area contributed by atoms with E-state index in [0.29, 0.717) is 22.8 Å². The summed E-state index contributed by atoms with van der Waals surface area (Å²) in [6, 6.07) is 13.8. The molecular formula is C20H14N4O2. The maximum atomic E-state index is 9.89. The van der Waals surface area contributed by atoms with E-state index in [0.717, 1.165) is 11.1 Å². The van der Waals surface area contributed by atoms with Crippen LogP contribution in [-0.2, 0) is 0 Å². The van der Waals surface area contributed by atoms with Crippen molar-refractivity contribution in [2.75, 3.05) is 0 Å². The van der Waals surface area contributed by atoms with Crippen LogP contribution >= 0.6 is 0 Å². The summed E-state index contributed by atoms with van der Waals surface area (Å²) in [5.74, 6) is 1.16. The zero-order chi connectivity index (χ0) is 17.9. The molecule has 0 aliphatic carbocycles. The van der Waals surface area contributed by atoms with Crippen molar-refractivity contribution < 1.29 is 10.2 Å². The highest BCUT2D eigenvalue weighted by molar-refractivity contribution is 5.68. The molecule has 0 saturated heterocycles. The molecule has 6 nitrogen and oxygen atoms in total. The summed E-state index contributed by atoms with van der Waals surface area (Å²) in [4.78, 5) is 17.3. The average Bonchev–Trinajstić information content (AvgIpc) is 2.69. The summed E-state index contributed by atoms with van der Waals surface area (Å²) in [5.41, 5.74) is 2.66. The van der Waals surface area contributed by atoms with E-state index in [1.807, 2.05) is 12.1 Å². The molecule has 2 heterocycles. The number of phenols is 2. The molecule has 0 saturated carbocycles. The second-order valence-corrected chi connectivity index (χ2v) is 5.62. The smallest absolute Gasteiger partial charge is 0.162 e. The van der Waals surface area contributed by atoms with E-state index < -0.39 is 0 Å². The fraction of sp³-hybridized carbons (Fsp3) is 0. The van der Waals surface area contributed by atoms with Crippen LogP contribution in [-0.4, -0.2) is 30.1 Å². The van der Waals surface area contributed by atoms with E-state index in [1.165, 1.54) is 0 Å². The molecule has 0 bridgehead atoms. The van der Waals surface area contributed by atoms with Gasteiger partial charge in [-0.25, -0.2) is 19.9 Å². The first-order valence-electron chi connectivity index (χ1n) is 7.93. The van der Waals surface area contributed by atoms with Crippen LogP contribution in [0.15, 0.2) is 73.3 Å². The molecule has 0 spiro atoms. The maximum absolute atomic E-state index is 9.89. The molecule has 4 rings (SSSR count). The molecule has 2 aromatic carbocycles. The lowest BCUT2D eigenvalue weighted by molar-refractivity contribution is 0.476. The van der Waals surface area contributed by atoms with Gasteiger partial charge in [0.05, 0.1) is 11.1 Å². The highest BCUT2D eigenvalue weighted by atomic mass is 16.3. The Morgan fingerprint density at radius 2 is 0.846 bits per heavy atom. The maximum Gasteiger partial charge on any atom is 0.162 e. The largest absolute Gasteiger partial charge is 0.507 e. The zero-order valence-electron chi connectivity index (χ0n) is 13.6. The topological polar surface area (TPSA) is 92.0 Å². The van der Waals surface area contributed by atoms with Gasteiger partial charge in [-0.15, -0.1) is 0 Å². The quantitative estimate of drug-likeness (QED) is 0.590. The number of phenolic OH excluding ortho intramolecular Hbond substituents is 2. The van der Waals surface area contributed by atoms with Crippen LogP contribution in [0.25, 0.3) is 33.9 Å². The number of hydrogen-bond donors (Lipinski definition) is 2. The van der Waals surface area contributed by atoms with E-state index in [2.05, 4.69) is 19.9 Å². The summed E-state index contributed by atoms with van der Waals surface area (Å²) in [5, 5.41) is 19.8. The van der Waals surface area contributed by atoms with Crippen molar-refractivity contribution in [1.82, 2.24) is 19.9 Å². The van der Waals surface area contributed by atoms with E-state index in [4.69, 9.17) is 0 Å². The van der Waals surface area contributed by atoms with Crippen LogP contribution in [0.2, 0.25) is 0 Å². The summed E-state index contributed by atoms with van der Waals surface area (Å²) >= 11 is 0. The normalized spacial score (nSPS) is 10.6. The lowest BCUT2D eigenvalue weighted by Gasteiger charge is -2.06. The van der Waals surface area contributed by atoms with Crippen LogP contribution in [0, 0.1) is 0 Å². The van der Waals surface area contributed by atoms with Gasteiger partial charge in [-0.05, 0) is 24.3 Å². The minimum atomic E-state index is 0.135. The highest BCUT2D eigenvalue weighted by Gasteiger charge is 2.09. The van der Waals surface area contributed by atoms with Crippen molar-refractivity contribution in [2.24, 2.45) is 0 Å². The van der Waals surface area contributed by atoms with Crippen molar-refractivity contribution in [3.8, 4) is 45.4 Å². The Labute approximate surface area is 149 Å². The number of rotatable bonds is 3. The van der Waals surface area contributed by atoms with Gasteiger partial charge in [0.2, 0.25) is 0 Å². The van der Waals surface area contributed by atoms with Crippen LogP contribution in [0.3, 0.4) is 0 Å². The molecule has 0 amide bonds. The van der Waals surface area contributed by atoms with Crippen molar-refractivity contribution in [1.29, 1.82) is 0 Å². The van der Waals surface area contributed by atoms with E-state index in [9.17, 15) is 10.2 Å². The fourth-order valence-electron chi connectivity index (χ4n) is 2.56. The van der Waals surface area contributed by atoms with Crippen LogP contribution in [0.4, 0.5) is 0 Å². The van der Waals surface area contributed by atoms with Crippen LogP contribution in [0.5, 0.6) is 11.5 Å². The summed E-state index contributed by atoms with van der Waals surface area (Å²) in [7, 11) is 0. The number of aromatic hydroxyl groups is 2. The number of benzene rings is 2. The predicted octanol–water partition coefficient (Wildman–Crippen LogP) is 3.68. The molecule has 2 N–H and O–H groups in total. The Kier molecular flexibility index (Phi) is 3.99. The van der Waals surface area contributed by atoms with E-state index >= 15 is 0 Å². The van der Waals surface area contributed by atoms with Gasteiger partial charge in [0.15, 0.2) is 11.6 Å². The molecule has 0 radical (unpaired) electrons. The van der Waals surface area contributed by atoms with Crippen molar-refractivity contribution in [2.45, 2.75) is 0 Å². The first-order valence-corrected chi connectivity index (χ1v) is 7.93. The molecule has 6 heteroatoms. The second kappa shape index (κ2) is 6.60. The van der Waals surface area contributed by atoms with Crippen molar-refractivity contribution >= 4 is 0 Å². The Balaban J connectivity index is 1.62. The predicted molar refractivity (Wildman–Crippen MR) is 97.3 cm³/mol. The summed E-state index contributed by atoms with van der Waals surface area (Å²) in [6.45, 7) is 0. The molecule has 0 atom stereocenters. The third-order valence-corrected chi connectivity index (χ3v) is 3.93. The molecule has 0 aliphatic heterocycles. The van der Waals surface area contributed by atoms with Gasteiger partial charge in [-0.3, -0.25) is 0 Å². The van der Waals surface area contributed by atoms with Gasteiger partial charge in [-0.1, -0.05) is 24.3 Å². The molecule has 26 heavy (non-hydrogen) atoms. The highest BCUT2D eigenvalue weighted by Crippen LogP contribution is 2.28. The molecular weight excluding hydrogens is 328 g/mol. The molecule has 0 fully saturated rings. The van der Waals surface area contributed by atoms with Crippen LogP contribution < -0.4 is 0 Å². The number of nitrogens with zero attached hydrogens (tertiary/aromatic N) is 4. The SMILES string of the molecule is Oc1ccccc1-c1ncc(-c2cnc(-c3ccccc3O)nc2)cn1. The molecule has 2 aromatic heterocycles. The van der Waals surface area contributed by atoms with Crippen LogP contribution in [0.1, 0.15) is 0 Å². The first kappa shape index (κ1) is 15.7. The Morgan fingerprint density at radius 3 is 1.19 bits per heavy atom. The van der Waals surface area contributed by atoms with E-state index in [1.54, 1.807) is 61.2 Å². The minimum absolute atomic E-state index is 0.135. The van der Waals surface area contributed by atoms with Gasteiger partial charge < -0.3 is 10.2 Å². The Hall–Kier alpha value is -3.80. The van der Waals surface area contributed by atoms with Crippen molar-refractivity contribution in [3.05, 3.63) is 73.3 Å². The Bertz CT molecular complexity index is 961. The number of aromatic nitrogens is 4. The molecule has 0 unspecified atom stereocenters. The van der Waals surface area contributed by atoms with Crippen molar-refractivity contribution in [3.63, 3.8) is 0 Å². The molecule has 4 aromatic rings. The average molecular weight is 342 g/mol. The number of para-hydroxylation sites is 2. The third kappa shape index (κ3) is 2.95. The van der Waals surface area contributed by atoms with Gasteiger partial charge in [0, 0.05) is 35.9 Å². The van der Waals surface area contributed by atoms with E-state index in [-0.39, 0.29) is 11.5 Å². The van der Waals surface area contributed by atoms with Gasteiger partial charge in [0.1, 0.15) is 11.5 Å². The molecule has 126 valence electrons. The monoisotopic (exact) mass is 342 g/mol. The minimum Gasteiger partial charge on any atom is -0.507 e. The van der Waals surface area contributed by atoms with Gasteiger partial charge in [-0.2, -0.15) is 0 Å². The van der Waals surface area contributed by atoms with Gasteiger partial charge in [0.25, 0.3) is 0 Å². The lowest BCUT2D eigenvalue weighted by atomic mass is 10.1. The fourth-order valence-corrected chi connectivity index (χ4v) is 2.56. The third-order valence-electron chi connectivity index (χ3n) is 3.93. The number of hydrogen-bond acceptors (Lipinski definition) is 6. The second-order valence-electron chi connectivity index (χ2n) is 5.62. The lowest BCUT2D eigenvalue weighted by Crippen LogP contribution is -1.93. The zero-order valence-corrected chi connectivity index (χ0v) is 13.6. The standard InChI is InChI=1S/C20H14N4O2/c25-17-7-3-1-5-15(17)19-21-9-13(10-22-19)14-11-23-20(24-12-14)16-6-2-4-8-18(16)26/h1-12,25-26H. The van der Waals surface area contributed by atoms with Gasteiger partial charge >= 0.3 is 0 Å². The summed E-state index contributed by atoms with van der Waals surface area (Å²) in [6.07, 6.45) is 6.64. The first-order chi connectivity index (χ1) is 12.7. The Morgan fingerprint density at radius 1 is 0.500 bits per heavy atom. The molecule has 0 aliphatic rings.